The quantitative estimate of drug-likeness (QED) is 0.222. The van der Waals surface area contributed by atoms with E-state index in [4.69, 9.17) is 5.73 Å². The number of benzene rings is 2. The summed E-state index contributed by atoms with van der Waals surface area (Å²) in [5.41, 5.74) is 4.15. The Hall–Kier alpha value is -4.88. The summed E-state index contributed by atoms with van der Waals surface area (Å²) in [4.78, 5) is 37.9. The normalized spacial score (nSPS) is 18.4. The minimum atomic E-state index is -4.91. The number of rotatable bonds is 10. The van der Waals surface area contributed by atoms with E-state index in [0.717, 1.165) is 22.9 Å². The van der Waals surface area contributed by atoms with Crippen molar-refractivity contribution in [2.45, 2.75) is 44.4 Å². The fourth-order valence-electron chi connectivity index (χ4n) is 5.84. The average Bonchev–Trinajstić information content (AvgIpc) is 3.56. The van der Waals surface area contributed by atoms with Gasteiger partial charge in [-0.05, 0) is 55.2 Å². The van der Waals surface area contributed by atoms with E-state index in [0.29, 0.717) is 23.6 Å². The third kappa shape index (κ3) is 6.22. The summed E-state index contributed by atoms with van der Waals surface area (Å²) in [6.45, 7) is 0.992. The maximum atomic E-state index is 14.3. The summed E-state index contributed by atoms with van der Waals surface area (Å²) in [5.74, 6) is -6.12. The third-order valence-electron chi connectivity index (χ3n) is 7.76. The highest BCUT2D eigenvalue weighted by Gasteiger charge is 2.58. The van der Waals surface area contributed by atoms with Crippen LogP contribution in [-0.2, 0) is 23.9 Å². The molecule has 0 bridgehead atoms. The number of likely N-dealkylation sites (N-methyl/N-ethyl adjacent to an activating group) is 1. The standard InChI is InChI=1S/C31H27F6N5O3/c1-3-4-18(15-5-6-22(34)21(10-15)30(38)45)26(39-2)23(9-14-7-16(32)11-17(33)8-14)40-24(43)13-42-27-19-12-20(19)28(44)25(27)29(41-42)31(35,36)37/h3-8,10-11,19-20,23,39H,9,12-13H2,1-2H3,(H2,38,45)(H,40,43)/b4-3-,26-18+/t19?,20?,23-/m0/s1. The number of primary amides is 1. The number of amides is 2. The monoisotopic (exact) mass is 631 g/mol. The molecule has 0 spiro atoms. The topological polar surface area (TPSA) is 119 Å². The zero-order chi connectivity index (χ0) is 32.8. The van der Waals surface area contributed by atoms with Crippen LogP contribution in [-0.4, -0.2) is 40.5 Å². The van der Waals surface area contributed by atoms with Crippen LogP contribution in [0.2, 0.25) is 0 Å². The van der Waals surface area contributed by atoms with Crippen molar-refractivity contribution in [2.75, 3.05) is 7.05 Å². The maximum absolute atomic E-state index is 14.3. The molecule has 8 nitrogen and oxygen atoms in total. The molecular formula is C31H27F6N5O3. The first-order valence-corrected chi connectivity index (χ1v) is 13.8. The van der Waals surface area contributed by atoms with Crippen molar-refractivity contribution in [3.63, 3.8) is 0 Å². The molecule has 1 fully saturated rings. The van der Waals surface area contributed by atoms with E-state index < -0.39 is 82.5 Å². The Kier molecular flexibility index (Phi) is 8.34. The minimum Gasteiger partial charge on any atom is -0.389 e. The van der Waals surface area contributed by atoms with Crippen LogP contribution in [0.5, 0.6) is 0 Å². The molecule has 1 saturated carbocycles. The van der Waals surface area contributed by atoms with Gasteiger partial charge in [0.15, 0.2) is 11.5 Å². The fourth-order valence-corrected chi connectivity index (χ4v) is 5.84. The van der Waals surface area contributed by atoms with Crippen LogP contribution >= 0.6 is 0 Å². The Morgan fingerprint density at radius 2 is 1.80 bits per heavy atom. The lowest BCUT2D eigenvalue weighted by Crippen LogP contribution is -2.43. The van der Waals surface area contributed by atoms with Gasteiger partial charge in [0.25, 0.3) is 5.91 Å². The average molecular weight is 632 g/mol. The lowest BCUT2D eigenvalue weighted by molar-refractivity contribution is -0.142. The number of allylic oxidation sites excluding steroid dienone is 3. The molecule has 3 aromatic rings. The summed E-state index contributed by atoms with van der Waals surface area (Å²) in [6.07, 6.45) is -1.53. The molecular weight excluding hydrogens is 604 g/mol. The third-order valence-corrected chi connectivity index (χ3v) is 7.76. The van der Waals surface area contributed by atoms with E-state index in [-0.39, 0.29) is 23.4 Å². The molecule has 0 aliphatic heterocycles. The highest BCUT2D eigenvalue weighted by atomic mass is 19.4. The van der Waals surface area contributed by atoms with E-state index >= 15 is 0 Å². The zero-order valence-corrected chi connectivity index (χ0v) is 23.9. The molecule has 0 radical (unpaired) electrons. The molecule has 2 aliphatic carbocycles. The molecule has 2 unspecified atom stereocenters. The van der Waals surface area contributed by atoms with Gasteiger partial charge < -0.3 is 16.4 Å². The predicted molar refractivity (Wildman–Crippen MR) is 150 cm³/mol. The number of carbonyl (C=O) groups is 3. The first-order chi connectivity index (χ1) is 21.2. The highest BCUT2D eigenvalue weighted by molar-refractivity contribution is 6.06. The van der Waals surface area contributed by atoms with Crippen LogP contribution in [0.15, 0.2) is 54.2 Å². The number of fused-ring (bicyclic) bond motifs is 3. The lowest BCUT2D eigenvalue weighted by atomic mass is 9.94. The Labute approximate surface area is 253 Å². The van der Waals surface area contributed by atoms with Crippen molar-refractivity contribution < 1.29 is 40.7 Å². The molecule has 5 rings (SSSR count). The van der Waals surface area contributed by atoms with Gasteiger partial charge in [-0.15, -0.1) is 0 Å². The smallest absolute Gasteiger partial charge is 0.389 e. The first kappa shape index (κ1) is 31.5. The van der Waals surface area contributed by atoms with Crippen LogP contribution in [0.1, 0.15) is 62.5 Å². The number of carbonyl (C=O) groups excluding carboxylic acids is 3. The first-order valence-electron chi connectivity index (χ1n) is 13.8. The lowest BCUT2D eigenvalue weighted by Gasteiger charge is -2.25. The molecule has 1 aromatic heterocycles. The van der Waals surface area contributed by atoms with Crippen molar-refractivity contribution in [2.24, 2.45) is 11.7 Å². The Morgan fingerprint density at radius 1 is 1.11 bits per heavy atom. The van der Waals surface area contributed by atoms with Crippen LogP contribution in [0, 0.1) is 23.4 Å². The van der Waals surface area contributed by atoms with Crippen LogP contribution in [0.25, 0.3) is 5.57 Å². The van der Waals surface area contributed by atoms with Crippen molar-refractivity contribution in [3.8, 4) is 0 Å². The van der Waals surface area contributed by atoms with Crippen molar-refractivity contribution in [3.05, 3.63) is 105 Å². The van der Waals surface area contributed by atoms with Crippen LogP contribution < -0.4 is 16.4 Å². The summed E-state index contributed by atoms with van der Waals surface area (Å²) in [6, 6.07) is 5.31. The Balaban J connectivity index is 1.56. The largest absolute Gasteiger partial charge is 0.435 e. The van der Waals surface area contributed by atoms with E-state index in [1.165, 1.54) is 19.2 Å². The summed E-state index contributed by atoms with van der Waals surface area (Å²) in [5, 5.41) is 9.25. The van der Waals surface area contributed by atoms with Gasteiger partial charge in [0.1, 0.15) is 24.0 Å². The highest BCUT2D eigenvalue weighted by Crippen LogP contribution is 2.58. The van der Waals surface area contributed by atoms with Gasteiger partial charge in [-0.1, -0.05) is 18.2 Å². The minimum absolute atomic E-state index is 0.0560. The number of hydrogen-bond acceptors (Lipinski definition) is 5. The fraction of sp³-hybridized carbons (Fsp3) is 0.290. The molecule has 14 heteroatoms. The molecule has 0 saturated heterocycles. The van der Waals surface area contributed by atoms with Gasteiger partial charge in [0.05, 0.1) is 22.9 Å². The number of aromatic nitrogens is 2. The van der Waals surface area contributed by atoms with Crippen molar-refractivity contribution in [1.82, 2.24) is 20.4 Å². The molecule has 3 atom stereocenters. The molecule has 236 valence electrons. The second kappa shape index (κ2) is 11.9. The molecule has 1 heterocycles. The summed E-state index contributed by atoms with van der Waals surface area (Å²) < 4.78 is 84.7. The number of ketones is 1. The summed E-state index contributed by atoms with van der Waals surface area (Å²) in [7, 11) is 1.50. The Morgan fingerprint density at radius 3 is 2.40 bits per heavy atom. The zero-order valence-electron chi connectivity index (χ0n) is 23.9. The van der Waals surface area contributed by atoms with Gasteiger partial charge in [-0.2, -0.15) is 18.3 Å². The van der Waals surface area contributed by atoms with Gasteiger partial charge in [0, 0.05) is 36.2 Å². The number of nitrogens with two attached hydrogens (primary N) is 1. The Bertz CT molecular complexity index is 1760. The van der Waals surface area contributed by atoms with Crippen molar-refractivity contribution in [1.29, 1.82) is 0 Å². The number of hydrogen-bond donors (Lipinski definition) is 3. The number of nitrogens with one attached hydrogen (secondary N) is 2. The van der Waals surface area contributed by atoms with Gasteiger partial charge in [-0.3, -0.25) is 19.1 Å². The van der Waals surface area contributed by atoms with Gasteiger partial charge in [-0.25, -0.2) is 13.2 Å². The second-order valence-electron chi connectivity index (χ2n) is 10.8. The predicted octanol–water partition coefficient (Wildman–Crippen LogP) is 4.65. The molecule has 45 heavy (non-hydrogen) atoms. The van der Waals surface area contributed by atoms with Crippen LogP contribution in [0.4, 0.5) is 26.3 Å². The number of Topliss-reactive ketones (excluding diaryl/α,β-unsaturated/α-hetero) is 1. The molecule has 4 N–H and O–H groups in total. The number of alkyl halides is 3. The van der Waals surface area contributed by atoms with E-state index in [9.17, 15) is 40.7 Å². The van der Waals surface area contributed by atoms with Crippen molar-refractivity contribution >= 4 is 23.2 Å². The van der Waals surface area contributed by atoms with E-state index in [2.05, 4.69) is 15.7 Å². The number of halogens is 6. The van der Waals surface area contributed by atoms with Crippen LogP contribution in [0.3, 0.4) is 0 Å². The molecule has 2 aromatic carbocycles. The second-order valence-corrected chi connectivity index (χ2v) is 10.8. The SMILES string of the molecule is C/C=C\C(=C(/NC)[C@H](Cc1cc(F)cc(F)c1)NC(=O)Cn1nc(C(F)(F)F)c2c1C1CC1C2=O)c1ccc(F)c(C(N)=O)c1. The van der Waals surface area contributed by atoms with E-state index in [1.54, 1.807) is 19.1 Å². The van der Waals surface area contributed by atoms with Gasteiger partial charge in [0.2, 0.25) is 5.91 Å². The molecule has 2 amide bonds. The maximum Gasteiger partial charge on any atom is 0.435 e. The van der Waals surface area contributed by atoms with Gasteiger partial charge >= 0.3 is 6.18 Å². The summed E-state index contributed by atoms with van der Waals surface area (Å²) >= 11 is 0. The van der Waals surface area contributed by atoms with E-state index in [1.807, 2.05) is 0 Å². The number of nitrogens with zero attached hydrogens (tertiary/aromatic N) is 2. The molecule has 2 aliphatic rings.